The van der Waals surface area contributed by atoms with Crippen LogP contribution in [0.2, 0.25) is 0 Å². The van der Waals surface area contributed by atoms with Gasteiger partial charge in [0.1, 0.15) is 0 Å². The van der Waals surface area contributed by atoms with Crippen molar-refractivity contribution < 1.29 is 4.52 Å². The highest BCUT2D eigenvalue weighted by atomic mass is 16.5. The third kappa shape index (κ3) is 3.07. The molecule has 0 spiro atoms. The van der Waals surface area contributed by atoms with E-state index < -0.39 is 5.54 Å². The van der Waals surface area contributed by atoms with E-state index in [9.17, 15) is 0 Å². The molecule has 0 atom stereocenters. The lowest BCUT2D eigenvalue weighted by molar-refractivity contribution is 0.335. The Morgan fingerprint density at radius 1 is 1.15 bits per heavy atom. The van der Waals surface area contributed by atoms with Crippen molar-refractivity contribution >= 4 is 0 Å². The Balaban J connectivity index is 2.05. The van der Waals surface area contributed by atoms with Crippen LogP contribution in [0, 0.1) is 6.92 Å². The van der Waals surface area contributed by atoms with Gasteiger partial charge in [-0.3, -0.25) is 0 Å². The maximum Gasteiger partial charge on any atom is 0.227 e. The molecule has 20 heavy (non-hydrogen) atoms. The molecule has 0 radical (unpaired) electrons. The summed E-state index contributed by atoms with van der Waals surface area (Å²) >= 11 is 0. The highest BCUT2D eigenvalue weighted by molar-refractivity contribution is 5.25. The molecule has 0 aliphatic heterocycles. The van der Waals surface area contributed by atoms with Crippen LogP contribution in [0.1, 0.15) is 49.5 Å². The van der Waals surface area contributed by atoms with Gasteiger partial charge in [-0.15, -0.1) is 0 Å². The lowest BCUT2D eigenvalue weighted by Gasteiger charge is -2.21. The van der Waals surface area contributed by atoms with Gasteiger partial charge in [0.2, 0.25) is 5.89 Å². The summed E-state index contributed by atoms with van der Waals surface area (Å²) in [5.74, 6) is 1.29. The van der Waals surface area contributed by atoms with Crippen LogP contribution in [0.5, 0.6) is 0 Å². The normalized spacial score (nSPS) is 11.8. The number of aromatic nitrogens is 2. The third-order valence-corrected chi connectivity index (χ3v) is 4.04. The zero-order valence-corrected chi connectivity index (χ0v) is 12.5. The molecule has 0 fully saturated rings. The lowest BCUT2D eigenvalue weighted by Crippen LogP contribution is -2.36. The number of hydrogen-bond donors (Lipinski definition) is 1. The van der Waals surface area contributed by atoms with Gasteiger partial charge in [0.05, 0.1) is 5.54 Å². The second-order valence-corrected chi connectivity index (χ2v) is 5.30. The van der Waals surface area contributed by atoms with E-state index in [4.69, 9.17) is 10.3 Å². The fourth-order valence-corrected chi connectivity index (χ4v) is 2.26. The summed E-state index contributed by atoms with van der Waals surface area (Å²) in [7, 11) is 0. The van der Waals surface area contributed by atoms with Crippen molar-refractivity contribution in [2.45, 2.75) is 52.0 Å². The zero-order chi connectivity index (χ0) is 14.6. The Labute approximate surface area is 120 Å². The molecule has 108 valence electrons. The average molecular weight is 273 g/mol. The molecule has 4 heteroatoms. The van der Waals surface area contributed by atoms with E-state index in [1.54, 1.807) is 0 Å². The maximum atomic E-state index is 6.28. The highest BCUT2D eigenvalue weighted by Gasteiger charge is 2.28. The Hall–Kier alpha value is -1.68. The number of rotatable bonds is 6. The monoisotopic (exact) mass is 273 g/mol. The Morgan fingerprint density at radius 2 is 1.85 bits per heavy atom. The molecular weight excluding hydrogens is 250 g/mol. The Kier molecular flexibility index (Phi) is 4.55. The van der Waals surface area contributed by atoms with Gasteiger partial charge in [-0.25, -0.2) is 0 Å². The first kappa shape index (κ1) is 14.7. The molecule has 1 heterocycles. The van der Waals surface area contributed by atoms with Gasteiger partial charge in [-0.05, 0) is 37.3 Å². The van der Waals surface area contributed by atoms with E-state index in [1.807, 2.05) is 13.8 Å². The second-order valence-electron chi connectivity index (χ2n) is 5.30. The van der Waals surface area contributed by atoms with Crippen molar-refractivity contribution in [2.24, 2.45) is 5.73 Å². The molecule has 0 bridgehead atoms. The topological polar surface area (TPSA) is 64.9 Å². The summed E-state index contributed by atoms with van der Waals surface area (Å²) in [5.41, 5.74) is 8.42. The van der Waals surface area contributed by atoms with Crippen LogP contribution < -0.4 is 5.73 Å². The Bertz CT molecular complexity index is 558. The van der Waals surface area contributed by atoms with Crippen molar-refractivity contribution in [1.29, 1.82) is 0 Å². The zero-order valence-electron chi connectivity index (χ0n) is 12.5. The quantitative estimate of drug-likeness (QED) is 0.878. The first-order valence-electron chi connectivity index (χ1n) is 7.25. The molecule has 0 saturated carbocycles. The first-order valence-corrected chi connectivity index (χ1v) is 7.25. The van der Waals surface area contributed by atoms with Crippen molar-refractivity contribution in [3.63, 3.8) is 0 Å². The van der Waals surface area contributed by atoms with E-state index in [0.717, 1.165) is 25.7 Å². The summed E-state index contributed by atoms with van der Waals surface area (Å²) < 4.78 is 5.33. The summed E-state index contributed by atoms with van der Waals surface area (Å²) in [5, 5.41) is 4.05. The molecule has 0 unspecified atom stereocenters. The number of aryl methyl sites for hydroxylation is 3. The number of nitrogens with two attached hydrogens (primary N) is 1. The van der Waals surface area contributed by atoms with Crippen LogP contribution in [0.3, 0.4) is 0 Å². The molecule has 0 amide bonds. The standard InChI is InChI=1S/C16H23N3O/c1-4-16(17,5-2)15-18-14(20-19-15)11-10-13-9-7-6-8-12(13)3/h6-9H,4-5,10-11,17H2,1-3H3. The second kappa shape index (κ2) is 6.18. The minimum atomic E-state index is -0.468. The van der Waals surface area contributed by atoms with Gasteiger partial charge >= 0.3 is 0 Å². The van der Waals surface area contributed by atoms with E-state index in [0.29, 0.717) is 11.7 Å². The summed E-state index contributed by atoms with van der Waals surface area (Å²) in [6.07, 6.45) is 3.27. The van der Waals surface area contributed by atoms with Gasteiger partial charge in [0, 0.05) is 6.42 Å². The van der Waals surface area contributed by atoms with Crippen LogP contribution in [0.4, 0.5) is 0 Å². The van der Waals surface area contributed by atoms with Crippen LogP contribution in [-0.2, 0) is 18.4 Å². The average Bonchev–Trinajstić information content (AvgIpc) is 2.95. The molecule has 2 rings (SSSR count). The molecular formula is C16H23N3O. The minimum Gasteiger partial charge on any atom is -0.339 e. The smallest absolute Gasteiger partial charge is 0.227 e. The van der Waals surface area contributed by atoms with E-state index >= 15 is 0 Å². The van der Waals surface area contributed by atoms with Crippen molar-refractivity contribution in [3.05, 3.63) is 47.1 Å². The van der Waals surface area contributed by atoms with Gasteiger partial charge < -0.3 is 10.3 Å². The predicted molar refractivity (Wildman–Crippen MR) is 79.3 cm³/mol. The molecule has 1 aromatic carbocycles. The molecule has 2 N–H and O–H groups in total. The number of nitrogens with zero attached hydrogens (tertiary/aromatic N) is 2. The minimum absolute atomic E-state index is 0.468. The van der Waals surface area contributed by atoms with Crippen molar-refractivity contribution in [1.82, 2.24) is 10.1 Å². The van der Waals surface area contributed by atoms with Crippen LogP contribution in [-0.4, -0.2) is 10.1 Å². The van der Waals surface area contributed by atoms with Crippen molar-refractivity contribution in [2.75, 3.05) is 0 Å². The van der Waals surface area contributed by atoms with Gasteiger partial charge in [0.15, 0.2) is 5.82 Å². The van der Waals surface area contributed by atoms with Crippen LogP contribution in [0.15, 0.2) is 28.8 Å². The predicted octanol–water partition coefficient (Wildman–Crippen LogP) is 3.14. The molecule has 0 aliphatic rings. The molecule has 0 saturated heterocycles. The molecule has 0 aliphatic carbocycles. The van der Waals surface area contributed by atoms with Crippen molar-refractivity contribution in [3.8, 4) is 0 Å². The third-order valence-electron chi connectivity index (χ3n) is 4.04. The van der Waals surface area contributed by atoms with Gasteiger partial charge in [-0.2, -0.15) is 4.98 Å². The van der Waals surface area contributed by atoms with Gasteiger partial charge in [-0.1, -0.05) is 43.3 Å². The Morgan fingerprint density at radius 3 is 2.50 bits per heavy atom. The fraction of sp³-hybridized carbons (Fsp3) is 0.500. The van der Waals surface area contributed by atoms with Gasteiger partial charge in [0.25, 0.3) is 0 Å². The highest BCUT2D eigenvalue weighted by Crippen LogP contribution is 2.23. The van der Waals surface area contributed by atoms with E-state index in [1.165, 1.54) is 11.1 Å². The van der Waals surface area contributed by atoms with Crippen LogP contribution >= 0.6 is 0 Å². The fourth-order valence-electron chi connectivity index (χ4n) is 2.26. The summed E-state index contributed by atoms with van der Waals surface area (Å²) in [4.78, 5) is 4.47. The SMILES string of the molecule is CCC(N)(CC)c1noc(CCc2ccccc2C)n1. The molecule has 1 aromatic heterocycles. The van der Waals surface area contributed by atoms with E-state index in [2.05, 4.69) is 41.3 Å². The lowest BCUT2D eigenvalue weighted by atomic mass is 9.93. The first-order chi connectivity index (χ1) is 9.59. The molecule has 2 aromatic rings. The van der Waals surface area contributed by atoms with E-state index in [-0.39, 0.29) is 0 Å². The largest absolute Gasteiger partial charge is 0.339 e. The number of hydrogen-bond acceptors (Lipinski definition) is 4. The van der Waals surface area contributed by atoms with Crippen LogP contribution in [0.25, 0.3) is 0 Å². The maximum absolute atomic E-state index is 6.28. The number of benzene rings is 1. The molecule has 4 nitrogen and oxygen atoms in total. The summed E-state index contributed by atoms with van der Waals surface area (Å²) in [6.45, 7) is 6.22. The summed E-state index contributed by atoms with van der Waals surface area (Å²) in [6, 6.07) is 8.36.